The molecule has 0 spiro atoms. The van der Waals surface area contributed by atoms with Gasteiger partial charge in [0.05, 0.1) is 12.7 Å². The number of ether oxygens (including phenoxy) is 2. The minimum atomic E-state index is -1.08. The van der Waals surface area contributed by atoms with Gasteiger partial charge in [-0.15, -0.1) is 0 Å². The summed E-state index contributed by atoms with van der Waals surface area (Å²) < 4.78 is 8.79. The molecule has 0 bridgehead atoms. The van der Waals surface area contributed by atoms with Crippen molar-refractivity contribution in [2.24, 2.45) is 0 Å². The smallest absolute Gasteiger partial charge is 0.381 e. The molecule has 6 nitrogen and oxygen atoms in total. The highest BCUT2D eigenvalue weighted by Crippen LogP contribution is 2.09. The van der Waals surface area contributed by atoms with Crippen molar-refractivity contribution in [3.63, 3.8) is 0 Å². The number of aliphatic hydroxyl groups is 2. The number of carbonyl (C=O) groups is 2. The van der Waals surface area contributed by atoms with Gasteiger partial charge >= 0.3 is 11.9 Å². The maximum atomic E-state index is 10.7. The molecule has 1 rings (SSSR count). The lowest BCUT2D eigenvalue weighted by Gasteiger charge is -2.07. The summed E-state index contributed by atoms with van der Waals surface area (Å²) in [6.07, 6.45) is -0.198. The zero-order chi connectivity index (χ0) is 9.84. The Bertz CT molecular complexity index is 256. The van der Waals surface area contributed by atoms with E-state index in [2.05, 4.69) is 4.74 Å². The van der Waals surface area contributed by atoms with E-state index in [1.807, 2.05) is 0 Å². The van der Waals surface area contributed by atoms with Gasteiger partial charge in [0.25, 0.3) is 0 Å². The van der Waals surface area contributed by atoms with Crippen molar-refractivity contribution in [1.82, 2.24) is 0 Å². The van der Waals surface area contributed by atoms with Crippen LogP contribution in [0.3, 0.4) is 0 Å². The molecular formula is C7H8O6. The fourth-order valence-electron chi connectivity index (χ4n) is 0.676. The van der Waals surface area contributed by atoms with E-state index >= 15 is 0 Å². The van der Waals surface area contributed by atoms with Crippen molar-refractivity contribution in [3.05, 3.63) is 11.8 Å². The maximum Gasteiger partial charge on any atom is 0.381 e. The van der Waals surface area contributed by atoms with E-state index in [1.54, 1.807) is 0 Å². The van der Waals surface area contributed by atoms with Gasteiger partial charge in [0.1, 0.15) is 12.7 Å². The topological polar surface area (TPSA) is 93.1 Å². The summed E-state index contributed by atoms with van der Waals surface area (Å²) in [5.41, 5.74) is 0. The van der Waals surface area contributed by atoms with Gasteiger partial charge in [0.15, 0.2) is 0 Å². The second kappa shape index (κ2) is 4.01. The standard InChI is InChI=1S/C7H8O6/c8-2-4(9)3-12-5-1-6(10)13-7(5)11/h1,4,8-9H,2-3H2. The molecule has 0 aromatic carbocycles. The Balaban J connectivity index is 2.41. The van der Waals surface area contributed by atoms with Crippen LogP contribution in [0.25, 0.3) is 0 Å². The van der Waals surface area contributed by atoms with Crippen molar-refractivity contribution < 1.29 is 29.3 Å². The molecule has 1 unspecified atom stereocenters. The Morgan fingerprint density at radius 2 is 2.23 bits per heavy atom. The van der Waals surface area contributed by atoms with Crippen molar-refractivity contribution in [2.45, 2.75) is 6.10 Å². The minimum absolute atomic E-state index is 0.252. The molecule has 72 valence electrons. The molecule has 0 aromatic heterocycles. The van der Waals surface area contributed by atoms with Crippen molar-refractivity contribution in [3.8, 4) is 0 Å². The number of hydrogen-bond donors (Lipinski definition) is 2. The van der Waals surface area contributed by atoms with Gasteiger partial charge in [-0.1, -0.05) is 0 Å². The van der Waals surface area contributed by atoms with Gasteiger partial charge in [-0.05, 0) is 0 Å². The van der Waals surface area contributed by atoms with Crippen molar-refractivity contribution in [2.75, 3.05) is 13.2 Å². The molecule has 1 aliphatic heterocycles. The van der Waals surface area contributed by atoms with E-state index in [4.69, 9.17) is 14.9 Å². The molecule has 0 aliphatic carbocycles. The zero-order valence-corrected chi connectivity index (χ0v) is 6.60. The van der Waals surface area contributed by atoms with Gasteiger partial charge in [-0.2, -0.15) is 0 Å². The van der Waals surface area contributed by atoms with Crippen molar-refractivity contribution >= 4 is 11.9 Å². The number of carbonyl (C=O) groups excluding carboxylic acids is 2. The first-order valence-corrected chi connectivity index (χ1v) is 3.53. The van der Waals surface area contributed by atoms with E-state index in [0.717, 1.165) is 6.08 Å². The van der Waals surface area contributed by atoms with E-state index in [1.165, 1.54) is 0 Å². The molecule has 13 heavy (non-hydrogen) atoms. The van der Waals surface area contributed by atoms with E-state index in [9.17, 15) is 9.59 Å². The first-order valence-electron chi connectivity index (χ1n) is 3.53. The number of aliphatic hydroxyl groups excluding tert-OH is 2. The summed E-state index contributed by atoms with van der Waals surface area (Å²) in [7, 11) is 0. The predicted molar refractivity (Wildman–Crippen MR) is 38.2 cm³/mol. The van der Waals surface area contributed by atoms with Gasteiger partial charge in [0, 0.05) is 0 Å². The lowest BCUT2D eigenvalue weighted by molar-refractivity contribution is -0.152. The summed E-state index contributed by atoms with van der Waals surface area (Å²) in [5, 5.41) is 17.2. The lowest BCUT2D eigenvalue weighted by atomic mass is 10.4. The molecule has 1 heterocycles. The van der Waals surface area contributed by atoms with Crippen molar-refractivity contribution in [1.29, 1.82) is 0 Å². The first kappa shape index (κ1) is 9.69. The second-order valence-corrected chi connectivity index (χ2v) is 2.36. The Morgan fingerprint density at radius 3 is 2.69 bits per heavy atom. The van der Waals surface area contributed by atoms with Crippen LogP contribution in [0.15, 0.2) is 11.8 Å². The summed E-state index contributed by atoms with van der Waals surface area (Å²) in [6, 6.07) is 0. The van der Waals surface area contributed by atoms with Crippen LogP contribution in [0.4, 0.5) is 0 Å². The number of rotatable bonds is 4. The van der Waals surface area contributed by atoms with Gasteiger partial charge in [-0.25, -0.2) is 9.59 Å². The molecule has 0 radical (unpaired) electrons. The highest BCUT2D eigenvalue weighted by Gasteiger charge is 2.25. The SMILES string of the molecule is O=C1C=C(OCC(O)CO)C(=O)O1. The first-order chi connectivity index (χ1) is 6.13. The van der Waals surface area contributed by atoms with Crippen LogP contribution >= 0.6 is 0 Å². The average Bonchev–Trinajstić information content (AvgIpc) is 2.41. The predicted octanol–water partition coefficient (Wildman–Crippen LogP) is -1.68. The number of esters is 2. The fraction of sp³-hybridized carbons (Fsp3) is 0.429. The summed E-state index contributed by atoms with van der Waals surface area (Å²) in [6.45, 7) is -0.735. The van der Waals surface area contributed by atoms with E-state index in [-0.39, 0.29) is 12.4 Å². The van der Waals surface area contributed by atoms with Crippen LogP contribution in [-0.4, -0.2) is 41.5 Å². The van der Waals surface area contributed by atoms with Crippen LogP contribution < -0.4 is 0 Å². The third kappa shape index (κ3) is 2.53. The van der Waals surface area contributed by atoms with Crippen LogP contribution in [-0.2, 0) is 19.1 Å². The quantitative estimate of drug-likeness (QED) is 0.404. The second-order valence-electron chi connectivity index (χ2n) is 2.36. The molecule has 2 N–H and O–H groups in total. The molecular weight excluding hydrogens is 180 g/mol. The third-order valence-corrected chi connectivity index (χ3v) is 1.29. The molecule has 0 saturated heterocycles. The fourth-order valence-corrected chi connectivity index (χ4v) is 0.676. The Labute approximate surface area is 73.4 Å². The minimum Gasteiger partial charge on any atom is -0.484 e. The normalized spacial score (nSPS) is 18.2. The molecule has 0 aromatic rings. The third-order valence-electron chi connectivity index (χ3n) is 1.29. The van der Waals surface area contributed by atoms with Gasteiger partial charge in [0.2, 0.25) is 5.76 Å². The Kier molecular flexibility index (Phi) is 2.99. The summed E-state index contributed by atoms with van der Waals surface area (Å²) >= 11 is 0. The van der Waals surface area contributed by atoms with Crippen LogP contribution in [0.1, 0.15) is 0 Å². The van der Waals surface area contributed by atoms with E-state index < -0.39 is 24.6 Å². The van der Waals surface area contributed by atoms with Crippen LogP contribution in [0, 0.1) is 0 Å². The zero-order valence-electron chi connectivity index (χ0n) is 6.60. The Morgan fingerprint density at radius 1 is 1.54 bits per heavy atom. The summed E-state index contributed by atoms with van der Waals surface area (Å²) in [5.74, 6) is -1.92. The largest absolute Gasteiger partial charge is 0.484 e. The lowest BCUT2D eigenvalue weighted by Crippen LogP contribution is -2.20. The molecule has 0 fully saturated rings. The molecule has 1 atom stereocenters. The molecule has 0 amide bonds. The molecule has 6 heteroatoms. The number of hydrogen-bond acceptors (Lipinski definition) is 6. The van der Waals surface area contributed by atoms with Gasteiger partial charge in [-0.3, -0.25) is 0 Å². The Hall–Kier alpha value is -1.40. The van der Waals surface area contributed by atoms with Crippen LogP contribution in [0.5, 0.6) is 0 Å². The average molecular weight is 188 g/mol. The van der Waals surface area contributed by atoms with Crippen LogP contribution in [0.2, 0.25) is 0 Å². The highest BCUT2D eigenvalue weighted by atomic mass is 16.6. The van der Waals surface area contributed by atoms with E-state index in [0.29, 0.717) is 0 Å². The monoisotopic (exact) mass is 188 g/mol. The summed E-state index contributed by atoms with van der Waals surface area (Å²) in [4.78, 5) is 21.2. The molecule has 0 saturated carbocycles. The highest BCUT2D eigenvalue weighted by molar-refractivity contribution is 6.07. The number of cyclic esters (lactones) is 2. The molecule has 1 aliphatic rings. The van der Waals surface area contributed by atoms with Gasteiger partial charge < -0.3 is 19.7 Å². The maximum absolute atomic E-state index is 10.7.